The first kappa shape index (κ1) is 15.2. The Balaban J connectivity index is 2.33. The maximum atomic E-state index is 13.4. The fraction of sp³-hybridized carbons (Fsp3) is 0.111. The first-order chi connectivity index (χ1) is 10.8. The number of benzene rings is 2. The number of allylic oxidation sites excluding steroid dienone is 2. The average Bonchev–Trinajstić information content (AvgIpc) is 2.50. The van der Waals surface area contributed by atoms with Crippen molar-refractivity contribution in [1.29, 1.82) is 0 Å². The van der Waals surface area contributed by atoms with E-state index < -0.39 is 28.9 Å². The van der Waals surface area contributed by atoms with Gasteiger partial charge in [-0.3, -0.25) is 9.59 Å². The first-order valence-electron chi connectivity index (χ1n) is 6.87. The van der Waals surface area contributed by atoms with E-state index in [9.17, 15) is 22.8 Å². The van der Waals surface area contributed by atoms with E-state index >= 15 is 0 Å². The molecular formula is C18H11F3O2. The molecule has 0 atom stereocenters. The number of fused-ring (bicyclic) bond motifs is 1. The highest BCUT2D eigenvalue weighted by Crippen LogP contribution is 2.40. The van der Waals surface area contributed by atoms with Gasteiger partial charge >= 0.3 is 6.18 Å². The normalized spacial score (nSPS) is 15.0. The molecule has 0 saturated carbocycles. The highest BCUT2D eigenvalue weighted by molar-refractivity contribution is 6.40. The number of Topliss-reactive ketones (excluding diaryl/α,β-unsaturated/α-hetero) is 2. The van der Waals surface area contributed by atoms with Gasteiger partial charge in [0.15, 0.2) is 11.6 Å². The quantitative estimate of drug-likeness (QED) is 0.782. The second kappa shape index (κ2) is 5.19. The lowest BCUT2D eigenvalue weighted by molar-refractivity contribution is -0.0882. The van der Waals surface area contributed by atoms with Gasteiger partial charge in [0, 0.05) is 16.7 Å². The van der Waals surface area contributed by atoms with Gasteiger partial charge in [-0.25, -0.2) is 0 Å². The summed E-state index contributed by atoms with van der Waals surface area (Å²) in [5, 5.41) is 0. The van der Waals surface area contributed by atoms with E-state index in [1.165, 1.54) is 36.4 Å². The van der Waals surface area contributed by atoms with Crippen molar-refractivity contribution in [3.8, 4) is 0 Å². The summed E-state index contributed by atoms with van der Waals surface area (Å²) in [5.74, 6) is -1.94. The van der Waals surface area contributed by atoms with Crippen molar-refractivity contribution in [2.75, 3.05) is 0 Å². The molecule has 2 nitrogen and oxygen atoms in total. The number of hydrogen-bond acceptors (Lipinski definition) is 2. The summed E-state index contributed by atoms with van der Waals surface area (Å²) in [5.41, 5.74) is -1.25. The molecule has 0 fully saturated rings. The third kappa shape index (κ3) is 2.48. The van der Waals surface area contributed by atoms with Gasteiger partial charge in [-0.15, -0.1) is 0 Å². The molecule has 0 radical (unpaired) electrons. The zero-order valence-corrected chi connectivity index (χ0v) is 12.1. The van der Waals surface area contributed by atoms with Crippen LogP contribution in [0.4, 0.5) is 13.2 Å². The van der Waals surface area contributed by atoms with E-state index in [-0.39, 0.29) is 16.7 Å². The number of aryl methyl sites for hydroxylation is 1. The monoisotopic (exact) mass is 316 g/mol. The Morgan fingerprint density at radius 1 is 0.783 bits per heavy atom. The molecule has 0 bridgehead atoms. The van der Waals surface area contributed by atoms with Crippen molar-refractivity contribution in [3.63, 3.8) is 0 Å². The van der Waals surface area contributed by atoms with Gasteiger partial charge in [0.1, 0.15) is 5.57 Å². The summed E-state index contributed by atoms with van der Waals surface area (Å²) in [7, 11) is 0. The van der Waals surface area contributed by atoms with Crippen LogP contribution in [0.3, 0.4) is 0 Å². The largest absolute Gasteiger partial charge is 0.420 e. The Labute approximate surface area is 130 Å². The van der Waals surface area contributed by atoms with Gasteiger partial charge in [-0.1, -0.05) is 54.1 Å². The van der Waals surface area contributed by atoms with E-state index in [1.54, 1.807) is 19.1 Å². The summed E-state index contributed by atoms with van der Waals surface area (Å²) in [6, 6.07) is 11.6. The minimum atomic E-state index is -4.90. The van der Waals surface area contributed by atoms with Crippen LogP contribution in [0.1, 0.15) is 31.8 Å². The lowest BCUT2D eigenvalue weighted by atomic mass is 9.81. The van der Waals surface area contributed by atoms with Crippen molar-refractivity contribution in [3.05, 3.63) is 76.4 Å². The van der Waals surface area contributed by atoms with Gasteiger partial charge in [-0.05, 0) is 12.5 Å². The van der Waals surface area contributed by atoms with Crippen molar-refractivity contribution < 1.29 is 22.8 Å². The van der Waals surface area contributed by atoms with Crippen LogP contribution in [-0.2, 0) is 0 Å². The molecular weight excluding hydrogens is 305 g/mol. The fourth-order valence-electron chi connectivity index (χ4n) is 2.64. The Morgan fingerprint density at radius 3 is 1.83 bits per heavy atom. The predicted octanol–water partition coefficient (Wildman–Crippen LogP) is 4.39. The molecule has 116 valence electrons. The minimum Gasteiger partial charge on any atom is -0.289 e. The molecule has 2 aromatic carbocycles. The van der Waals surface area contributed by atoms with Gasteiger partial charge in [0.25, 0.3) is 0 Å². The van der Waals surface area contributed by atoms with Crippen molar-refractivity contribution >= 4 is 17.1 Å². The van der Waals surface area contributed by atoms with Crippen LogP contribution in [0.5, 0.6) is 0 Å². The molecule has 0 aliphatic heterocycles. The van der Waals surface area contributed by atoms with E-state index in [0.717, 1.165) is 5.56 Å². The molecule has 1 aliphatic rings. The van der Waals surface area contributed by atoms with Crippen LogP contribution in [0.2, 0.25) is 0 Å². The molecule has 3 rings (SSSR count). The maximum absolute atomic E-state index is 13.4. The number of hydrogen-bond donors (Lipinski definition) is 0. The number of alkyl halides is 3. The molecule has 1 aliphatic carbocycles. The van der Waals surface area contributed by atoms with Crippen LogP contribution in [0.25, 0.3) is 5.57 Å². The number of carbonyl (C=O) groups is 2. The van der Waals surface area contributed by atoms with Gasteiger partial charge in [0.2, 0.25) is 0 Å². The number of halogens is 3. The molecule has 0 N–H and O–H groups in total. The number of ketones is 2. The minimum absolute atomic E-state index is 0.000995. The standard InChI is InChI=1S/C18H11F3O2/c1-10-6-8-11(9-7-10)14-15(18(19,20)21)17(23)13-5-3-2-4-12(13)16(14)22/h2-9H,1H3. The van der Waals surface area contributed by atoms with Crippen molar-refractivity contribution in [1.82, 2.24) is 0 Å². The third-order valence-corrected chi connectivity index (χ3v) is 3.74. The van der Waals surface area contributed by atoms with Crippen LogP contribution in [0, 0.1) is 6.92 Å². The molecule has 0 saturated heterocycles. The third-order valence-electron chi connectivity index (χ3n) is 3.74. The van der Waals surface area contributed by atoms with Crippen LogP contribution in [-0.4, -0.2) is 17.7 Å². The first-order valence-corrected chi connectivity index (χ1v) is 6.87. The smallest absolute Gasteiger partial charge is 0.289 e. The average molecular weight is 316 g/mol. The summed E-state index contributed by atoms with van der Waals surface area (Å²) in [6.45, 7) is 1.78. The predicted molar refractivity (Wildman–Crippen MR) is 79.3 cm³/mol. The SMILES string of the molecule is Cc1ccc(C2=C(C(F)(F)F)C(=O)c3ccccc3C2=O)cc1. The summed E-state index contributed by atoms with van der Waals surface area (Å²) in [4.78, 5) is 24.9. The topological polar surface area (TPSA) is 34.1 Å². The van der Waals surface area contributed by atoms with E-state index in [0.29, 0.717) is 0 Å². The lowest BCUT2D eigenvalue weighted by Gasteiger charge is -2.22. The van der Waals surface area contributed by atoms with Crippen LogP contribution in [0.15, 0.2) is 54.1 Å². The maximum Gasteiger partial charge on any atom is 0.420 e. The highest BCUT2D eigenvalue weighted by Gasteiger charge is 2.46. The van der Waals surface area contributed by atoms with Crippen molar-refractivity contribution in [2.24, 2.45) is 0 Å². The van der Waals surface area contributed by atoms with Crippen molar-refractivity contribution in [2.45, 2.75) is 13.1 Å². The molecule has 0 spiro atoms. The number of rotatable bonds is 1. The second-order valence-corrected chi connectivity index (χ2v) is 5.32. The lowest BCUT2D eigenvalue weighted by Crippen LogP contribution is -2.29. The Bertz CT molecular complexity index is 843. The highest BCUT2D eigenvalue weighted by atomic mass is 19.4. The number of carbonyl (C=O) groups excluding carboxylic acids is 2. The Kier molecular flexibility index (Phi) is 3.43. The van der Waals surface area contributed by atoms with E-state index in [2.05, 4.69) is 0 Å². The zero-order valence-electron chi connectivity index (χ0n) is 12.1. The van der Waals surface area contributed by atoms with E-state index in [4.69, 9.17) is 0 Å². The summed E-state index contributed by atoms with van der Waals surface area (Å²) in [6.07, 6.45) is -4.90. The fourth-order valence-corrected chi connectivity index (χ4v) is 2.64. The van der Waals surface area contributed by atoms with Gasteiger partial charge in [0.05, 0.1) is 0 Å². The molecule has 23 heavy (non-hydrogen) atoms. The van der Waals surface area contributed by atoms with Crippen LogP contribution < -0.4 is 0 Å². The van der Waals surface area contributed by atoms with Crippen LogP contribution >= 0.6 is 0 Å². The molecule has 2 aromatic rings. The molecule has 0 amide bonds. The Morgan fingerprint density at radius 2 is 1.30 bits per heavy atom. The van der Waals surface area contributed by atoms with Gasteiger partial charge < -0.3 is 0 Å². The molecule has 5 heteroatoms. The molecule has 0 heterocycles. The molecule has 0 aromatic heterocycles. The summed E-state index contributed by atoms with van der Waals surface area (Å²) >= 11 is 0. The zero-order chi connectivity index (χ0) is 16.8. The second-order valence-electron chi connectivity index (χ2n) is 5.32. The van der Waals surface area contributed by atoms with E-state index in [1.807, 2.05) is 0 Å². The Hall–Kier alpha value is -2.69. The molecule has 0 unspecified atom stereocenters. The summed E-state index contributed by atoms with van der Waals surface area (Å²) < 4.78 is 40.3. The van der Waals surface area contributed by atoms with Gasteiger partial charge in [-0.2, -0.15) is 13.2 Å².